The van der Waals surface area contributed by atoms with Gasteiger partial charge in [0.2, 0.25) is 5.91 Å². The second-order valence-corrected chi connectivity index (χ2v) is 4.83. The Balaban J connectivity index is 1.84. The molecule has 0 saturated heterocycles. The Bertz CT molecular complexity index is 567. The topological polar surface area (TPSA) is 44.9 Å². The largest absolute Gasteiger partial charge is 0.361 e. The molecule has 1 heterocycles. The zero-order chi connectivity index (χ0) is 11.8. The van der Waals surface area contributed by atoms with E-state index in [9.17, 15) is 4.79 Å². The van der Waals surface area contributed by atoms with E-state index in [1.807, 2.05) is 12.3 Å². The molecule has 1 aliphatic carbocycles. The second-order valence-electron chi connectivity index (χ2n) is 4.83. The number of H-pyrrole nitrogens is 1. The first-order valence-electron chi connectivity index (χ1n) is 6.09. The summed E-state index contributed by atoms with van der Waals surface area (Å²) in [6.07, 6.45) is 4.70. The molecule has 0 aliphatic heterocycles. The van der Waals surface area contributed by atoms with E-state index in [1.54, 1.807) is 0 Å². The minimum absolute atomic E-state index is 0.134. The van der Waals surface area contributed by atoms with Gasteiger partial charge < -0.3 is 10.3 Å². The number of rotatable bonds is 3. The lowest BCUT2D eigenvalue weighted by molar-refractivity contribution is -0.120. The van der Waals surface area contributed by atoms with Gasteiger partial charge in [-0.2, -0.15) is 0 Å². The number of nitrogens with one attached hydrogen (secondary N) is 2. The highest BCUT2D eigenvalue weighted by Crippen LogP contribution is 2.22. The number of fused-ring (bicyclic) bond motifs is 1. The number of para-hydroxylation sites is 1. The smallest absolute Gasteiger partial charge is 0.224 e. The Morgan fingerprint density at radius 3 is 3.06 bits per heavy atom. The van der Waals surface area contributed by atoms with Gasteiger partial charge in [0.25, 0.3) is 0 Å². The van der Waals surface area contributed by atoms with Gasteiger partial charge in [0.1, 0.15) is 0 Å². The predicted molar refractivity (Wildman–Crippen MR) is 67.9 cm³/mol. The van der Waals surface area contributed by atoms with Crippen molar-refractivity contribution in [1.82, 2.24) is 10.3 Å². The Kier molecular flexibility index (Phi) is 2.39. The molecular weight excluding hydrogens is 212 g/mol. The molecule has 1 aliphatic rings. The molecule has 1 fully saturated rings. The van der Waals surface area contributed by atoms with Gasteiger partial charge >= 0.3 is 0 Å². The summed E-state index contributed by atoms with van der Waals surface area (Å²) in [5, 5.41) is 4.18. The second kappa shape index (κ2) is 3.91. The van der Waals surface area contributed by atoms with Crippen LogP contribution in [-0.2, 0) is 11.2 Å². The third-order valence-electron chi connectivity index (χ3n) is 3.30. The number of hydrogen-bond donors (Lipinski definition) is 2. The van der Waals surface area contributed by atoms with Gasteiger partial charge in [-0.3, -0.25) is 4.79 Å². The minimum Gasteiger partial charge on any atom is -0.361 e. The molecule has 17 heavy (non-hydrogen) atoms. The molecule has 0 radical (unpaired) electrons. The lowest BCUT2D eigenvalue weighted by Crippen LogP contribution is -2.26. The van der Waals surface area contributed by atoms with Crippen molar-refractivity contribution in [2.75, 3.05) is 0 Å². The Labute approximate surface area is 100 Å². The summed E-state index contributed by atoms with van der Waals surface area (Å²) in [6.45, 7) is 2.08. The highest BCUT2D eigenvalue weighted by Gasteiger charge is 2.23. The lowest BCUT2D eigenvalue weighted by Gasteiger charge is -2.02. The number of aromatic nitrogens is 1. The Hall–Kier alpha value is -1.77. The molecule has 0 spiro atoms. The molecule has 0 unspecified atom stereocenters. The van der Waals surface area contributed by atoms with Gasteiger partial charge in [0.15, 0.2) is 0 Å². The average Bonchev–Trinajstić information content (AvgIpc) is 3.00. The van der Waals surface area contributed by atoms with Crippen molar-refractivity contribution in [2.45, 2.75) is 32.2 Å². The summed E-state index contributed by atoms with van der Waals surface area (Å²) in [6, 6.07) is 6.62. The zero-order valence-electron chi connectivity index (χ0n) is 9.92. The molecule has 0 atom stereocenters. The zero-order valence-corrected chi connectivity index (χ0v) is 9.92. The molecule has 2 aromatic rings. The van der Waals surface area contributed by atoms with Crippen molar-refractivity contribution >= 4 is 16.8 Å². The number of carbonyl (C=O) groups is 1. The normalized spacial score (nSPS) is 15.1. The lowest BCUT2D eigenvalue weighted by atomic mass is 10.1. The highest BCUT2D eigenvalue weighted by molar-refractivity contribution is 5.90. The number of aryl methyl sites for hydroxylation is 1. The van der Waals surface area contributed by atoms with Crippen molar-refractivity contribution in [1.29, 1.82) is 0 Å². The van der Waals surface area contributed by atoms with Gasteiger partial charge in [0, 0.05) is 23.1 Å². The van der Waals surface area contributed by atoms with Crippen LogP contribution in [0.25, 0.3) is 10.9 Å². The average molecular weight is 228 g/mol. The number of carbonyl (C=O) groups excluding carboxylic acids is 1. The van der Waals surface area contributed by atoms with Crippen LogP contribution in [0.4, 0.5) is 0 Å². The van der Waals surface area contributed by atoms with Crippen LogP contribution in [-0.4, -0.2) is 16.9 Å². The van der Waals surface area contributed by atoms with Crippen molar-refractivity contribution in [3.8, 4) is 0 Å². The van der Waals surface area contributed by atoms with Crippen molar-refractivity contribution in [3.63, 3.8) is 0 Å². The summed E-state index contributed by atoms with van der Waals surface area (Å²) < 4.78 is 0. The maximum atomic E-state index is 11.8. The van der Waals surface area contributed by atoms with Crippen LogP contribution in [0.3, 0.4) is 0 Å². The van der Waals surface area contributed by atoms with Gasteiger partial charge in [-0.15, -0.1) is 0 Å². The fourth-order valence-electron chi connectivity index (χ4n) is 2.19. The van der Waals surface area contributed by atoms with Crippen LogP contribution in [0, 0.1) is 6.92 Å². The van der Waals surface area contributed by atoms with E-state index >= 15 is 0 Å². The molecule has 2 N–H and O–H groups in total. The monoisotopic (exact) mass is 228 g/mol. The molecule has 1 amide bonds. The molecular formula is C14H16N2O. The predicted octanol–water partition coefficient (Wildman–Crippen LogP) is 2.30. The third-order valence-corrected chi connectivity index (χ3v) is 3.30. The van der Waals surface area contributed by atoms with Gasteiger partial charge in [0.05, 0.1) is 6.42 Å². The fourth-order valence-corrected chi connectivity index (χ4v) is 2.19. The van der Waals surface area contributed by atoms with Crippen LogP contribution in [0.2, 0.25) is 0 Å². The van der Waals surface area contributed by atoms with Gasteiger partial charge in [-0.05, 0) is 30.9 Å². The van der Waals surface area contributed by atoms with E-state index in [1.165, 1.54) is 5.56 Å². The molecule has 3 rings (SSSR count). The quantitative estimate of drug-likeness (QED) is 0.831. The number of hydrogen-bond acceptors (Lipinski definition) is 1. The summed E-state index contributed by atoms with van der Waals surface area (Å²) in [5.41, 5.74) is 3.44. The van der Waals surface area contributed by atoms with Crippen LogP contribution < -0.4 is 5.32 Å². The molecule has 1 aromatic heterocycles. The van der Waals surface area contributed by atoms with Gasteiger partial charge in [-0.25, -0.2) is 0 Å². The van der Waals surface area contributed by atoms with Crippen LogP contribution in [0.5, 0.6) is 0 Å². The number of aromatic amines is 1. The van der Waals surface area contributed by atoms with Crippen molar-refractivity contribution in [3.05, 3.63) is 35.5 Å². The van der Waals surface area contributed by atoms with Crippen LogP contribution in [0.15, 0.2) is 24.4 Å². The van der Waals surface area contributed by atoms with Crippen LogP contribution >= 0.6 is 0 Å². The maximum Gasteiger partial charge on any atom is 0.224 e. The standard InChI is InChI=1S/C14H16N2O/c1-9-3-2-4-12-10(8-15-14(9)12)7-13(17)16-11-5-6-11/h2-4,8,11,15H,5-7H2,1H3,(H,16,17). The summed E-state index contributed by atoms with van der Waals surface area (Å²) in [4.78, 5) is 15.0. The van der Waals surface area contributed by atoms with E-state index < -0.39 is 0 Å². The van der Waals surface area contributed by atoms with Crippen molar-refractivity contribution in [2.24, 2.45) is 0 Å². The Morgan fingerprint density at radius 1 is 1.47 bits per heavy atom. The molecule has 1 aromatic carbocycles. The summed E-state index contributed by atoms with van der Waals surface area (Å²) >= 11 is 0. The van der Waals surface area contributed by atoms with Crippen molar-refractivity contribution < 1.29 is 4.79 Å². The summed E-state index contributed by atoms with van der Waals surface area (Å²) in [7, 11) is 0. The first kappa shape index (κ1) is 10.4. The third kappa shape index (κ3) is 2.05. The maximum absolute atomic E-state index is 11.8. The number of benzene rings is 1. The van der Waals surface area contributed by atoms with E-state index in [0.717, 1.165) is 29.3 Å². The minimum atomic E-state index is 0.134. The summed E-state index contributed by atoms with van der Waals surface area (Å²) in [5.74, 6) is 0.134. The first-order chi connectivity index (χ1) is 8.24. The SMILES string of the molecule is Cc1cccc2c(CC(=O)NC3CC3)c[nH]c12. The molecule has 3 nitrogen and oxygen atoms in total. The number of amides is 1. The molecule has 3 heteroatoms. The van der Waals surface area contributed by atoms with E-state index in [2.05, 4.69) is 29.4 Å². The molecule has 0 bridgehead atoms. The van der Waals surface area contributed by atoms with Crippen LogP contribution in [0.1, 0.15) is 24.0 Å². The van der Waals surface area contributed by atoms with Gasteiger partial charge in [-0.1, -0.05) is 18.2 Å². The highest BCUT2D eigenvalue weighted by atomic mass is 16.1. The van der Waals surface area contributed by atoms with E-state index in [0.29, 0.717) is 12.5 Å². The molecule has 1 saturated carbocycles. The molecule has 88 valence electrons. The first-order valence-corrected chi connectivity index (χ1v) is 6.09. The van der Waals surface area contributed by atoms with E-state index in [4.69, 9.17) is 0 Å². The fraction of sp³-hybridized carbons (Fsp3) is 0.357. The van der Waals surface area contributed by atoms with E-state index in [-0.39, 0.29) is 5.91 Å². The Morgan fingerprint density at radius 2 is 2.29 bits per heavy atom.